The van der Waals surface area contributed by atoms with Gasteiger partial charge in [-0.25, -0.2) is 4.79 Å². The fraction of sp³-hybridized carbons (Fsp3) is 0.143. The average Bonchev–Trinajstić information content (AvgIpc) is 2.92. The van der Waals surface area contributed by atoms with E-state index in [9.17, 15) is 9.59 Å². The number of carbonyl (C=O) groups is 2. The standard InChI is InChI=1S/C14H12O5/c1-17-14(16)10-3-2-4-11(7-10)18-9-13-6-5-12(8-15)19-13/h2-8H,9H2,1H3. The van der Waals surface area contributed by atoms with E-state index in [1.807, 2.05) is 0 Å². The highest BCUT2D eigenvalue weighted by atomic mass is 16.5. The second-order valence-electron chi connectivity index (χ2n) is 3.73. The summed E-state index contributed by atoms with van der Waals surface area (Å²) in [6.07, 6.45) is 0.626. The van der Waals surface area contributed by atoms with Gasteiger partial charge in [-0.05, 0) is 30.3 Å². The third-order valence-electron chi connectivity index (χ3n) is 2.43. The molecule has 0 bridgehead atoms. The number of esters is 1. The van der Waals surface area contributed by atoms with Gasteiger partial charge < -0.3 is 13.9 Å². The largest absolute Gasteiger partial charge is 0.486 e. The summed E-state index contributed by atoms with van der Waals surface area (Å²) in [7, 11) is 1.32. The maximum Gasteiger partial charge on any atom is 0.337 e. The zero-order valence-corrected chi connectivity index (χ0v) is 10.3. The molecule has 0 amide bonds. The molecular formula is C14H12O5. The fourth-order valence-electron chi connectivity index (χ4n) is 1.52. The quantitative estimate of drug-likeness (QED) is 0.610. The number of hydrogen-bond donors (Lipinski definition) is 0. The average molecular weight is 260 g/mol. The van der Waals surface area contributed by atoms with Gasteiger partial charge in [-0.3, -0.25) is 4.79 Å². The lowest BCUT2D eigenvalue weighted by Crippen LogP contribution is -2.01. The van der Waals surface area contributed by atoms with E-state index in [4.69, 9.17) is 9.15 Å². The van der Waals surface area contributed by atoms with Gasteiger partial charge in [0.15, 0.2) is 12.0 Å². The van der Waals surface area contributed by atoms with Gasteiger partial charge in [0.1, 0.15) is 18.1 Å². The number of methoxy groups -OCH3 is 1. The Bertz CT molecular complexity index is 585. The van der Waals surface area contributed by atoms with Crippen molar-refractivity contribution in [3.8, 4) is 5.75 Å². The third-order valence-corrected chi connectivity index (χ3v) is 2.43. The minimum Gasteiger partial charge on any atom is -0.486 e. The maximum absolute atomic E-state index is 11.3. The van der Waals surface area contributed by atoms with Crippen molar-refractivity contribution in [1.82, 2.24) is 0 Å². The Kier molecular flexibility index (Phi) is 3.97. The first-order chi connectivity index (χ1) is 9.22. The molecule has 19 heavy (non-hydrogen) atoms. The Balaban J connectivity index is 2.03. The molecule has 2 aromatic rings. The molecule has 1 aromatic heterocycles. The zero-order chi connectivity index (χ0) is 13.7. The van der Waals surface area contributed by atoms with Crippen LogP contribution in [0.5, 0.6) is 5.75 Å². The number of hydrogen-bond acceptors (Lipinski definition) is 5. The van der Waals surface area contributed by atoms with Crippen LogP contribution in [0.25, 0.3) is 0 Å². The van der Waals surface area contributed by atoms with Gasteiger partial charge in [-0.1, -0.05) is 6.07 Å². The van der Waals surface area contributed by atoms with Crippen LogP contribution >= 0.6 is 0 Å². The first-order valence-corrected chi connectivity index (χ1v) is 5.58. The highest BCUT2D eigenvalue weighted by Crippen LogP contribution is 2.16. The number of aldehydes is 1. The maximum atomic E-state index is 11.3. The summed E-state index contributed by atoms with van der Waals surface area (Å²) in [5.74, 6) is 0.881. The van der Waals surface area contributed by atoms with E-state index >= 15 is 0 Å². The Hall–Kier alpha value is -2.56. The minimum atomic E-state index is -0.424. The molecule has 0 aliphatic carbocycles. The lowest BCUT2D eigenvalue weighted by Gasteiger charge is -2.05. The molecule has 0 spiro atoms. The number of benzene rings is 1. The normalized spacial score (nSPS) is 9.95. The summed E-state index contributed by atoms with van der Waals surface area (Å²) in [5, 5.41) is 0. The van der Waals surface area contributed by atoms with E-state index in [0.29, 0.717) is 23.4 Å². The first kappa shape index (κ1) is 12.9. The van der Waals surface area contributed by atoms with Crippen LogP contribution in [0.2, 0.25) is 0 Å². The Morgan fingerprint density at radius 2 is 2.16 bits per heavy atom. The highest BCUT2D eigenvalue weighted by molar-refractivity contribution is 5.89. The molecule has 2 rings (SSSR count). The topological polar surface area (TPSA) is 65.7 Å². The molecule has 5 nitrogen and oxygen atoms in total. The molecule has 0 saturated heterocycles. The summed E-state index contributed by atoms with van der Waals surface area (Å²) in [5.41, 5.74) is 0.410. The third kappa shape index (κ3) is 3.22. The highest BCUT2D eigenvalue weighted by Gasteiger charge is 2.07. The molecule has 0 fully saturated rings. The molecule has 1 heterocycles. The summed E-state index contributed by atoms with van der Waals surface area (Å²) in [6.45, 7) is 0.179. The van der Waals surface area contributed by atoms with E-state index in [2.05, 4.69) is 4.74 Å². The van der Waals surface area contributed by atoms with Crippen LogP contribution in [0.3, 0.4) is 0 Å². The lowest BCUT2D eigenvalue weighted by molar-refractivity contribution is 0.0600. The van der Waals surface area contributed by atoms with Crippen molar-refractivity contribution in [3.05, 3.63) is 53.5 Å². The van der Waals surface area contributed by atoms with Crippen LogP contribution in [0.4, 0.5) is 0 Å². The minimum absolute atomic E-state index is 0.179. The van der Waals surface area contributed by atoms with E-state index in [1.165, 1.54) is 7.11 Å². The van der Waals surface area contributed by atoms with E-state index < -0.39 is 5.97 Å². The van der Waals surface area contributed by atoms with Crippen molar-refractivity contribution in [3.63, 3.8) is 0 Å². The first-order valence-electron chi connectivity index (χ1n) is 5.58. The van der Waals surface area contributed by atoms with Crippen LogP contribution in [-0.4, -0.2) is 19.4 Å². The van der Waals surface area contributed by atoms with Crippen LogP contribution in [-0.2, 0) is 11.3 Å². The SMILES string of the molecule is COC(=O)c1cccc(OCc2ccc(C=O)o2)c1. The van der Waals surface area contributed by atoms with E-state index in [-0.39, 0.29) is 12.4 Å². The molecule has 0 saturated carbocycles. The second kappa shape index (κ2) is 5.86. The molecule has 0 unspecified atom stereocenters. The summed E-state index contributed by atoms with van der Waals surface area (Å²) in [6, 6.07) is 9.85. The van der Waals surface area contributed by atoms with Crippen molar-refractivity contribution >= 4 is 12.3 Å². The molecule has 0 aliphatic heterocycles. The van der Waals surface area contributed by atoms with Gasteiger partial charge in [-0.2, -0.15) is 0 Å². The molecule has 98 valence electrons. The van der Waals surface area contributed by atoms with Gasteiger partial charge >= 0.3 is 5.97 Å². The monoisotopic (exact) mass is 260 g/mol. The van der Waals surface area contributed by atoms with Gasteiger partial charge in [0.2, 0.25) is 0 Å². The van der Waals surface area contributed by atoms with Crippen molar-refractivity contribution in [2.45, 2.75) is 6.61 Å². The Morgan fingerprint density at radius 1 is 1.32 bits per heavy atom. The van der Waals surface area contributed by atoms with Crippen LogP contribution < -0.4 is 4.74 Å². The predicted molar refractivity (Wildman–Crippen MR) is 66.2 cm³/mol. The van der Waals surface area contributed by atoms with E-state index in [0.717, 1.165) is 0 Å². The molecular weight excluding hydrogens is 248 g/mol. The molecule has 1 aromatic carbocycles. The predicted octanol–water partition coefficient (Wildman–Crippen LogP) is 2.46. The smallest absolute Gasteiger partial charge is 0.337 e. The Morgan fingerprint density at radius 3 is 2.84 bits per heavy atom. The number of ether oxygens (including phenoxy) is 2. The van der Waals surface area contributed by atoms with Gasteiger partial charge in [0.25, 0.3) is 0 Å². The molecule has 0 N–H and O–H groups in total. The number of carbonyl (C=O) groups excluding carboxylic acids is 2. The van der Waals surface area contributed by atoms with Crippen molar-refractivity contribution < 1.29 is 23.5 Å². The zero-order valence-electron chi connectivity index (χ0n) is 10.3. The lowest BCUT2D eigenvalue weighted by atomic mass is 10.2. The van der Waals surface area contributed by atoms with Crippen LogP contribution in [0, 0.1) is 0 Å². The van der Waals surface area contributed by atoms with Gasteiger partial charge in [0.05, 0.1) is 12.7 Å². The summed E-state index contributed by atoms with van der Waals surface area (Å²) < 4.78 is 15.3. The Labute approximate surface area is 109 Å². The molecule has 0 radical (unpaired) electrons. The fourth-order valence-corrected chi connectivity index (χ4v) is 1.52. The summed E-state index contributed by atoms with van der Waals surface area (Å²) in [4.78, 5) is 21.8. The van der Waals surface area contributed by atoms with E-state index in [1.54, 1.807) is 36.4 Å². The van der Waals surface area contributed by atoms with Crippen molar-refractivity contribution in [1.29, 1.82) is 0 Å². The molecule has 0 aliphatic rings. The number of furan rings is 1. The van der Waals surface area contributed by atoms with Crippen LogP contribution in [0.15, 0.2) is 40.8 Å². The van der Waals surface area contributed by atoms with Gasteiger partial charge in [0, 0.05) is 0 Å². The van der Waals surface area contributed by atoms with Crippen molar-refractivity contribution in [2.24, 2.45) is 0 Å². The van der Waals surface area contributed by atoms with Crippen LogP contribution in [0.1, 0.15) is 26.7 Å². The second-order valence-corrected chi connectivity index (χ2v) is 3.73. The van der Waals surface area contributed by atoms with Gasteiger partial charge in [-0.15, -0.1) is 0 Å². The summed E-state index contributed by atoms with van der Waals surface area (Å²) >= 11 is 0. The molecule has 5 heteroatoms. The number of rotatable bonds is 5. The van der Waals surface area contributed by atoms with Crippen molar-refractivity contribution in [2.75, 3.05) is 7.11 Å². The molecule has 0 atom stereocenters.